The van der Waals surface area contributed by atoms with Crippen LogP contribution >= 0.6 is 11.3 Å². The maximum Gasteiger partial charge on any atom is 0.191 e. The average molecular weight is 352 g/mol. The van der Waals surface area contributed by atoms with Crippen LogP contribution in [0.4, 0.5) is 0 Å². The van der Waals surface area contributed by atoms with E-state index in [1.807, 2.05) is 13.2 Å². The van der Waals surface area contributed by atoms with Crippen LogP contribution < -0.4 is 10.6 Å². The summed E-state index contributed by atoms with van der Waals surface area (Å²) < 4.78 is 0. The van der Waals surface area contributed by atoms with Gasteiger partial charge in [-0.3, -0.25) is 4.99 Å². The molecule has 2 heterocycles. The number of likely N-dealkylation sites (tertiary alicyclic amines) is 1. The van der Waals surface area contributed by atoms with Gasteiger partial charge in [0, 0.05) is 30.7 Å². The van der Waals surface area contributed by atoms with E-state index < -0.39 is 0 Å². The predicted octanol–water partition coefficient (Wildman–Crippen LogP) is 3.03. The van der Waals surface area contributed by atoms with Crippen molar-refractivity contribution in [3.8, 4) is 0 Å². The number of unbranched alkanes of at least 4 members (excludes halogenated alkanes) is 1. The highest BCUT2D eigenvalue weighted by atomic mass is 32.1. The van der Waals surface area contributed by atoms with E-state index in [2.05, 4.69) is 39.4 Å². The van der Waals surface area contributed by atoms with Crippen molar-refractivity contribution < 1.29 is 0 Å². The smallest absolute Gasteiger partial charge is 0.191 e. The molecule has 1 aliphatic rings. The second-order valence-corrected chi connectivity index (χ2v) is 7.71. The van der Waals surface area contributed by atoms with Crippen molar-refractivity contribution in [2.75, 3.05) is 26.7 Å². The van der Waals surface area contributed by atoms with Crippen LogP contribution in [0.15, 0.2) is 11.2 Å². The van der Waals surface area contributed by atoms with Gasteiger partial charge in [0.1, 0.15) is 5.01 Å². The molecule has 1 atom stereocenters. The van der Waals surface area contributed by atoms with E-state index in [4.69, 9.17) is 0 Å². The highest BCUT2D eigenvalue weighted by Gasteiger charge is 2.16. The first-order valence-electron chi connectivity index (χ1n) is 9.35. The minimum Gasteiger partial charge on any atom is -0.356 e. The number of nitrogens with one attached hydrogen (secondary N) is 2. The standard InChI is InChI=1S/C18H33N5S/c1-4-16-13-21-17(24-16)14-22-18(19-3)20-10-6-8-12-23-11-7-5-9-15(23)2/h13,15H,4-12,14H2,1-3H3,(H2,19,20,22). The van der Waals surface area contributed by atoms with Crippen molar-refractivity contribution in [2.24, 2.45) is 4.99 Å². The maximum atomic E-state index is 4.43. The molecule has 5 nitrogen and oxygen atoms in total. The summed E-state index contributed by atoms with van der Waals surface area (Å²) in [7, 11) is 1.82. The number of hydrogen-bond acceptors (Lipinski definition) is 4. The van der Waals surface area contributed by atoms with Gasteiger partial charge in [0.25, 0.3) is 0 Å². The average Bonchev–Trinajstić information content (AvgIpc) is 3.07. The van der Waals surface area contributed by atoms with E-state index in [-0.39, 0.29) is 0 Å². The zero-order chi connectivity index (χ0) is 17.2. The molecule has 0 radical (unpaired) electrons. The van der Waals surface area contributed by atoms with Gasteiger partial charge in [0.2, 0.25) is 0 Å². The van der Waals surface area contributed by atoms with E-state index >= 15 is 0 Å². The van der Waals surface area contributed by atoms with Crippen LogP contribution in [0.2, 0.25) is 0 Å². The largest absolute Gasteiger partial charge is 0.356 e. The van der Waals surface area contributed by atoms with Gasteiger partial charge in [-0.25, -0.2) is 4.98 Å². The van der Waals surface area contributed by atoms with Crippen molar-refractivity contribution in [1.82, 2.24) is 20.5 Å². The molecule has 0 amide bonds. The fraction of sp³-hybridized carbons (Fsp3) is 0.778. The Bertz CT molecular complexity index is 499. The number of thiazole rings is 1. The summed E-state index contributed by atoms with van der Waals surface area (Å²) in [6, 6.07) is 0.771. The number of hydrogen-bond donors (Lipinski definition) is 2. The molecule has 0 saturated carbocycles. The van der Waals surface area contributed by atoms with Gasteiger partial charge in [0.05, 0.1) is 6.54 Å². The zero-order valence-electron chi connectivity index (χ0n) is 15.5. The molecule has 2 N–H and O–H groups in total. The Morgan fingerprint density at radius 2 is 2.25 bits per heavy atom. The van der Waals surface area contributed by atoms with E-state index in [9.17, 15) is 0 Å². The second-order valence-electron chi connectivity index (χ2n) is 6.51. The summed E-state index contributed by atoms with van der Waals surface area (Å²) in [6.45, 7) is 8.76. The maximum absolute atomic E-state index is 4.43. The second kappa shape index (κ2) is 10.7. The molecule has 1 saturated heterocycles. The first-order valence-corrected chi connectivity index (χ1v) is 10.2. The lowest BCUT2D eigenvalue weighted by atomic mass is 10.0. The summed E-state index contributed by atoms with van der Waals surface area (Å²) in [5.41, 5.74) is 0. The quantitative estimate of drug-likeness (QED) is 0.429. The Morgan fingerprint density at radius 3 is 2.96 bits per heavy atom. The number of guanidine groups is 1. The Kier molecular flexibility index (Phi) is 8.53. The molecule has 1 aromatic heterocycles. The molecule has 2 rings (SSSR count). The van der Waals surface area contributed by atoms with Gasteiger partial charge in [-0.2, -0.15) is 0 Å². The Morgan fingerprint density at radius 1 is 1.38 bits per heavy atom. The number of aromatic nitrogens is 1. The number of aliphatic imine (C=N–C) groups is 1. The fourth-order valence-electron chi connectivity index (χ4n) is 3.11. The lowest BCUT2D eigenvalue weighted by Crippen LogP contribution is -2.39. The first-order chi connectivity index (χ1) is 11.7. The molecular formula is C18H33N5S. The number of rotatable bonds is 8. The van der Waals surface area contributed by atoms with E-state index in [0.717, 1.165) is 36.5 Å². The fourth-order valence-corrected chi connectivity index (χ4v) is 3.91. The van der Waals surface area contributed by atoms with Crippen LogP contribution in [0.3, 0.4) is 0 Å². The predicted molar refractivity (Wildman–Crippen MR) is 104 cm³/mol. The molecule has 0 aromatic carbocycles. The molecule has 0 spiro atoms. The van der Waals surface area contributed by atoms with Crippen molar-refractivity contribution in [3.63, 3.8) is 0 Å². The third-order valence-electron chi connectivity index (χ3n) is 4.69. The monoisotopic (exact) mass is 351 g/mol. The Hall–Kier alpha value is -1.14. The highest BCUT2D eigenvalue weighted by molar-refractivity contribution is 7.11. The van der Waals surface area contributed by atoms with Gasteiger partial charge in [-0.05, 0) is 52.1 Å². The lowest BCUT2D eigenvalue weighted by Gasteiger charge is -2.33. The van der Waals surface area contributed by atoms with Crippen molar-refractivity contribution in [1.29, 1.82) is 0 Å². The summed E-state index contributed by atoms with van der Waals surface area (Å²) in [5, 5.41) is 7.87. The van der Waals surface area contributed by atoms with Gasteiger partial charge >= 0.3 is 0 Å². The number of aryl methyl sites for hydroxylation is 1. The molecule has 0 bridgehead atoms. The van der Waals surface area contributed by atoms with Crippen molar-refractivity contribution in [3.05, 3.63) is 16.1 Å². The third-order valence-corrected chi connectivity index (χ3v) is 5.83. The van der Waals surface area contributed by atoms with Crippen LogP contribution in [-0.4, -0.2) is 48.6 Å². The van der Waals surface area contributed by atoms with Crippen LogP contribution in [-0.2, 0) is 13.0 Å². The van der Waals surface area contributed by atoms with Gasteiger partial charge in [-0.15, -0.1) is 11.3 Å². The summed E-state index contributed by atoms with van der Waals surface area (Å²) >= 11 is 1.77. The minimum atomic E-state index is 0.746. The number of nitrogens with zero attached hydrogens (tertiary/aromatic N) is 3. The Balaban J connectivity index is 1.58. The molecule has 136 valence electrons. The summed E-state index contributed by atoms with van der Waals surface area (Å²) in [4.78, 5) is 12.7. The van der Waals surface area contributed by atoms with Crippen molar-refractivity contribution in [2.45, 2.75) is 65.0 Å². The molecule has 24 heavy (non-hydrogen) atoms. The zero-order valence-corrected chi connectivity index (χ0v) is 16.3. The lowest BCUT2D eigenvalue weighted by molar-refractivity contribution is 0.158. The highest BCUT2D eigenvalue weighted by Crippen LogP contribution is 2.16. The topological polar surface area (TPSA) is 52.6 Å². The number of piperidine rings is 1. The van der Waals surface area contributed by atoms with Gasteiger partial charge < -0.3 is 15.5 Å². The van der Waals surface area contributed by atoms with Crippen LogP contribution in [0.5, 0.6) is 0 Å². The van der Waals surface area contributed by atoms with Crippen LogP contribution in [0, 0.1) is 0 Å². The van der Waals surface area contributed by atoms with Crippen LogP contribution in [0.25, 0.3) is 0 Å². The summed E-state index contributed by atoms with van der Waals surface area (Å²) in [6.07, 6.45) is 9.60. The minimum absolute atomic E-state index is 0.746. The van der Waals surface area contributed by atoms with Gasteiger partial charge in [0.15, 0.2) is 5.96 Å². The molecule has 1 unspecified atom stereocenters. The third kappa shape index (κ3) is 6.40. The molecule has 6 heteroatoms. The van der Waals surface area contributed by atoms with E-state index in [1.165, 1.54) is 50.1 Å². The van der Waals surface area contributed by atoms with Crippen LogP contribution in [0.1, 0.15) is 55.8 Å². The molecule has 1 aromatic rings. The molecule has 1 fully saturated rings. The first kappa shape index (κ1) is 19.2. The molecule has 1 aliphatic heterocycles. The summed E-state index contributed by atoms with van der Waals surface area (Å²) in [5.74, 6) is 0.870. The van der Waals surface area contributed by atoms with E-state index in [1.54, 1.807) is 11.3 Å². The van der Waals surface area contributed by atoms with E-state index in [0.29, 0.717) is 0 Å². The molecular weight excluding hydrogens is 318 g/mol. The van der Waals surface area contributed by atoms with Gasteiger partial charge in [-0.1, -0.05) is 13.3 Å². The Labute approximate surface area is 151 Å². The molecule has 0 aliphatic carbocycles. The SMILES string of the molecule is CCc1cnc(CNC(=NC)NCCCCN2CCCCC2C)s1. The van der Waals surface area contributed by atoms with Crippen molar-refractivity contribution >= 4 is 17.3 Å². The normalized spacial score (nSPS) is 19.5.